The lowest BCUT2D eigenvalue weighted by molar-refractivity contribution is -0.176. The number of likely N-dealkylation sites (tertiary alicyclic amines) is 1. The Kier molecular flexibility index (Phi) is 9.73. The van der Waals surface area contributed by atoms with Gasteiger partial charge in [0.05, 0.1) is 6.61 Å². The fourth-order valence-electron chi connectivity index (χ4n) is 3.37. The molecule has 0 bridgehead atoms. The van der Waals surface area contributed by atoms with Crippen molar-refractivity contribution in [2.75, 3.05) is 33.3 Å². The first-order valence-corrected chi connectivity index (χ1v) is 10.3. The van der Waals surface area contributed by atoms with Crippen molar-refractivity contribution in [2.24, 2.45) is 4.99 Å². The molecule has 1 saturated heterocycles. The number of ether oxygens (including phenoxy) is 1. The highest BCUT2D eigenvalue weighted by atomic mass is 19.4. The van der Waals surface area contributed by atoms with Crippen molar-refractivity contribution < 1.29 is 17.9 Å². The van der Waals surface area contributed by atoms with E-state index in [0.717, 1.165) is 43.0 Å². The van der Waals surface area contributed by atoms with Gasteiger partial charge < -0.3 is 20.3 Å². The molecule has 1 aliphatic rings. The largest absolute Gasteiger partial charge is 0.411 e. The van der Waals surface area contributed by atoms with Crippen LogP contribution in [-0.2, 0) is 17.9 Å². The van der Waals surface area contributed by atoms with Gasteiger partial charge in [0.1, 0.15) is 6.61 Å². The van der Waals surface area contributed by atoms with Crippen LogP contribution in [0.4, 0.5) is 13.2 Å². The molecule has 0 aromatic heterocycles. The minimum atomic E-state index is -4.30. The number of aliphatic imine (C=N–C) groups is 1. The van der Waals surface area contributed by atoms with Gasteiger partial charge >= 0.3 is 6.18 Å². The van der Waals surface area contributed by atoms with Gasteiger partial charge in [-0.15, -0.1) is 0 Å². The molecule has 164 valence electrons. The molecule has 0 unspecified atom stereocenters. The van der Waals surface area contributed by atoms with Gasteiger partial charge in [-0.2, -0.15) is 13.2 Å². The summed E-state index contributed by atoms with van der Waals surface area (Å²) < 4.78 is 41.3. The molecule has 1 heterocycles. The normalized spacial score (nSPS) is 16.8. The molecule has 0 spiro atoms. The minimum absolute atomic E-state index is 0.0586. The Morgan fingerprint density at radius 1 is 1.24 bits per heavy atom. The van der Waals surface area contributed by atoms with Gasteiger partial charge in [0, 0.05) is 32.7 Å². The standard InChI is InChI=1S/C21H33F3N4O/c1-3-4-10-28-11-8-19(9-12-28)27-20(25-2)26-14-17-6-5-7-18(13-17)15-29-16-21(22,23)24/h5-7,13,19H,3-4,8-12,14-16H2,1-2H3,(H2,25,26,27). The first kappa shape index (κ1) is 23.5. The highest BCUT2D eigenvalue weighted by Crippen LogP contribution is 2.16. The van der Waals surface area contributed by atoms with E-state index in [-0.39, 0.29) is 6.61 Å². The van der Waals surface area contributed by atoms with Gasteiger partial charge in [0.25, 0.3) is 0 Å². The van der Waals surface area contributed by atoms with E-state index < -0.39 is 12.8 Å². The molecule has 0 aliphatic carbocycles. The van der Waals surface area contributed by atoms with E-state index in [1.807, 2.05) is 18.2 Å². The Balaban J connectivity index is 1.74. The maximum Gasteiger partial charge on any atom is 0.411 e. The number of benzene rings is 1. The molecule has 0 amide bonds. The predicted octanol–water partition coefficient (Wildman–Crippen LogP) is 3.70. The predicted molar refractivity (Wildman–Crippen MR) is 110 cm³/mol. The second-order valence-electron chi connectivity index (χ2n) is 7.47. The van der Waals surface area contributed by atoms with Crippen LogP contribution in [0.15, 0.2) is 29.3 Å². The summed E-state index contributed by atoms with van der Waals surface area (Å²) in [5.74, 6) is 0.746. The third-order valence-electron chi connectivity index (χ3n) is 4.97. The van der Waals surface area contributed by atoms with Crippen LogP contribution in [0.5, 0.6) is 0 Å². The first-order valence-electron chi connectivity index (χ1n) is 10.3. The number of unbranched alkanes of at least 4 members (excludes halogenated alkanes) is 1. The highest BCUT2D eigenvalue weighted by Gasteiger charge is 2.27. The van der Waals surface area contributed by atoms with Gasteiger partial charge in [0.2, 0.25) is 0 Å². The van der Waals surface area contributed by atoms with Crippen molar-refractivity contribution in [1.29, 1.82) is 0 Å². The van der Waals surface area contributed by atoms with E-state index in [2.05, 4.69) is 27.4 Å². The summed E-state index contributed by atoms with van der Waals surface area (Å²) in [7, 11) is 1.74. The summed E-state index contributed by atoms with van der Waals surface area (Å²) >= 11 is 0. The third-order valence-corrected chi connectivity index (χ3v) is 4.97. The number of halogens is 3. The smallest absolute Gasteiger partial charge is 0.367 e. The zero-order valence-corrected chi connectivity index (χ0v) is 17.4. The molecule has 8 heteroatoms. The Morgan fingerprint density at radius 3 is 2.62 bits per heavy atom. The number of guanidine groups is 1. The quantitative estimate of drug-likeness (QED) is 0.478. The van der Waals surface area contributed by atoms with Crippen LogP contribution in [0.3, 0.4) is 0 Å². The molecule has 1 aliphatic heterocycles. The Hall–Kier alpha value is -1.80. The average molecular weight is 415 g/mol. The molecular formula is C21H33F3N4O. The molecule has 5 nitrogen and oxygen atoms in total. The maximum absolute atomic E-state index is 12.2. The summed E-state index contributed by atoms with van der Waals surface area (Å²) in [6.07, 6.45) is 0.363. The molecule has 2 rings (SSSR count). The molecule has 1 aromatic rings. The first-order chi connectivity index (χ1) is 13.9. The van der Waals surface area contributed by atoms with Crippen molar-refractivity contribution in [3.8, 4) is 0 Å². The van der Waals surface area contributed by atoms with Gasteiger partial charge in [-0.25, -0.2) is 0 Å². The molecule has 2 N–H and O–H groups in total. The average Bonchev–Trinajstić information content (AvgIpc) is 2.70. The number of nitrogens with one attached hydrogen (secondary N) is 2. The van der Waals surface area contributed by atoms with Crippen molar-refractivity contribution >= 4 is 5.96 Å². The lowest BCUT2D eigenvalue weighted by Crippen LogP contribution is -2.48. The molecule has 1 fully saturated rings. The van der Waals surface area contributed by atoms with Crippen LogP contribution in [0.25, 0.3) is 0 Å². The molecule has 0 saturated carbocycles. The van der Waals surface area contributed by atoms with Crippen molar-refractivity contribution in [3.05, 3.63) is 35.4 Å². The zero-order chi connectivity index (χ0) is 21.1. The monoisotopic (exact) mass is 414 g/mol. The molecular weight excluding hydrogens is 381 g/mol. The van der Waals surface area contributed by atoms with E-state index in [1.165, 1.54) is 19.4 Å². The summed E-state index contributed by atoms with van der Waals surface area (Å²) in [6.45, 7) is 4.86. The van der Waals surface area contributed by atoms with Gasteiger partial charge in [-0.05, 0) is 36.9 Å². The van der Waals surface area contributed by atoms with E-state index in [0.29, 0.717) is 12.6 Å². The second kappa shape index (κ2) is 12.0. The van der Waals surface area contributed by atoms with Crippen LogP contribution >= 0.6 is 0 Å². The van der Waals surface area contributed by atoms with Crippen molar-refractivity contribution in [1.82, 2.24) is 15.5 Å². The maximum atomic E-state index is 12.2. The number of alkyl halides is 3. The summed E-state index contributed by atoms with van der Waals surface area (Å²) in [5, 5.41) is 6.77. The van der Waals surface area contributed by atoms with Crippen LogP contribution < -0.4 is 10.6 Å². The fourth-order valence-corrected chi connectivity index (χ4v) is 3.37. The lowest BCUT2D eigenvalue weighted by atomic mass is 10.0. The minimum Gasteiger partial charge on any atom is -0.367 e. The van der Waals surface area contributed by atoms with E-state index in [4.69, 9.17) is 4.74 Å². The second-order valence-corrected chi connectivity index (χ2v) is 7.47. The Morgan fingerprint density at radius 2 is 1.97 bits per heavy atom. The molecule has 1 aromatic carbocycles. The van der Waals surface area contributed by atoms with Gasteiger partial charge in [-0.3, -0.25) is 4.99 Å². The number of hydrogen-bond acceptors (Lipinski definition) is 3. The fraction of sp³-hybridized carbons (Fsp3) is 0.667. The van der Waals surface area contributed by atoms with E-state index in [9.17, 15) is 13.2 Å². The zero-order valence-electron chi connectivity index (χ0n) is 17.4. The Bertz CT molecular complexity index is 629. The molecule has 29 heavy (non-hydrogen) atoms. The number of hydrogen-bond donors (Lipinski definition) is 2. The number of nitrogens with zero attached hydrogens (tertiary/aromatic N) is 2. The summed E-state index contributed by atoms with van der Waals surface area (Å²) in [6, 6.07) is 7.77. The topological polar surface area (TPSA) is 48.9 Å². The highest BCUT2D eigenvalue weighted by molar-refractivity contribution is 5.79. The summed E-state index contributed by atoms with van der Waals surface area (Å²) in [4.78, 5) is 6.81. The molecule has 0 radical (unpaired) electrons. The third kappa shape index (κ3) is 9.49. The van der Waals surface area contributed by atoms with E-state index >= 15 is 0 Å². The van der Waals surface area contributed by atoms with Gasteiger partial charge in [0.15, 0.2) is 5.96 Å². The van der Waals surface area contributed by atoms with E-state index in [1.54, 1.807) is 13.1 Å². The van der Waals surface area contributed by atoms with Crippen molar-refractivity contribution in [3.63, 3.8) is 0 Å². The van der Waals surface area contributed by atoms with Crippen LogP contribution in [0, 0.1) is 0 Å². The van der Waals surface area contributed by atoms with Crippen LogP contribution in [0.2, 0.25) is 0 Å². The number of rotatable bonds is 9. The van der Waals surface area contributed by atoms with Gasteiger partial charge in [-0.1, -0.05) is 37.6 Å². The summed E-state index contributed by atoms with van der Waals surface area (Å²) in [5.41, 5.74) is 1.69. The Labute approximate surface area is 171 Å². The lowest BCUT2D eigenvalue weighted by Gasteiger charge is -2.33. The van der Waals surface area contributed by atoms with Crippen LogP contribution in [-0.4, -0.2) is 56.4 Å². The molecule has 0 atom stereocenters. The SMILES string of the molecule is CCCCN1CCC(NC(=NC)NCc2cccc(COCC(F)(F)F)c2)CC1. The van der Waals surface area contributed by atoms with Crippen LogP contribution in [0.1, 0.15) is 43.7 Å². The van der Waals surface area contributed by atoms with Crippen molar-refractivity contribution in [2.45, 2.75) is 58.0 Å². The number of piperidine rings is 1.